The van der Waals surface area contributed by atoms with Crippen LogP contribution in [0.2, 0.25) is 0 Å². The van der Waals surface area contributed by atoms with Gasteiger partial charge in [0.2, 0.25) is 0 Å². The smallest absolute Gasteiger partial charge is 0.260 e. The van der Waals surface area contributed by atoms with E-state index in [0.29, 0.717) is 5.75 Å². The van der Waals surface area contributed by atoms with Gasteiger partial charge in [-0.2, -0.15) is 9.40 Å². The molecular formula is C13H17N3O3S. The van der Waals surface area contributed by atoms with Crippen LogP contribution < -0.4 is 4.74 Å². The fraction of sp³-hybridized carbons (Fsp3) is 0.308. The van der Waals surface area contributed by atoms with Crippen molar-refractivity contribution in [2.24, 2.45) is 0 Å². The van der Waals surface area contributed by atoms with Crippen LogP contribution in [-0.4, -0.2) is 37.1 Å². The van der Waals surface area contributed by atoms with Crippen LogP contribution in [0.1, 0.15) is 11.1 Å². The number of methoxy groups -OCH3 is 1. The Morgan fingerprint density at radius 1 is 1.35 bits per heavy atom. The van der Waals surface area contributed by atoms with Gasteiger partial charge < -0.3 is 4.74 Å². The second kappa shape index (κ2) is 5.64. The van der Waals surface area contributed by atoms with Gasteiger partial charge in [0.1, 0.15) is 5.75 Å². The molecule has 0 saturated carbocycles. The Morgan fingerprint density at radius 3 is 2.70 bits per heavy atom. The number of hydrogen-bond acceptors (Lipinski definition) is 4. The molecule has 0 amide bonds. The zero-order valence-electron chi connectivity index (χ0n) is 11.6. The van der Waals surface area contributed by atoms with Crippen LogP contribution in [0.25, 0.3) is 0 Å². The Labute approximate surface area is 118 Å². The van der Waals surface area contributed by atoms with Gasteiger partial charge in [-0.1, -0.05) is 17.7 Å². The van der Waals surface area contributed by atoms with Crippen molar-refractivity contribution in [1.29, 1.82) is 0 Å². The third-order valence-electron chi connectivity index (χ3n) is 2.99. The molecule has 108 valence electrons. The molecule has 1 aromatic heterocycles. The van der Waals surface area contributed by atoms with Crippen LogP contribution in [0, 0.1) is 6.92 Å². The molecule has 6 nitrogen and oxygen atoms in total. The fourth-order valence-electron chi connectivity index (χ4n) is 1.91. The highest BCUT2D eigenvalue weighted by Gasteiger charge is 2.23. The Hall–Kier alpha value is -1.86. The first-order valence-corrected chi connectivity index (χ1v) is 7.48. The molecule has 0 bridgehead atoms. The molecule has 0 radical (unpaired) electrons. The summed E-state index contributed by atoms with van der Waals surface area (Å²) in [7, 11) is -0.479. The van der Waals surface area contributed by atoms with E-state index in [1.807, 2.05) is 25.1 Å². The van der Waals surface area contributed by atoms with E-state index in [0.717, 1.165) is 11.1 Å². The Morgan fingerprint density at radius 2 is 2.10 bits per heavy atom. The lowest BCUT2D eigenvalue weighted by atomic mass is 10.1. The van der Waals surface area contributed by atoms with Crippen molar-refractivity contribution in [3.05, 3.63) is 41.6 Å². The molecule has 0 aliphatic heterocycles. The normalized spacial score (nSPS) is 11.8. The second-order valence-electron chi connectivity index (χ2n) is 4.50. The van der Waals surface area contributed by atoms with E-state index in [1.54, 1.807) is 7.11 Å². The van der Waals surface area contributed by atoms with E-state index in [-0.39, 0.29) is 11.6 Å². The molecule has 1 aromatic carbocycles. The molecule has 0 aliphatic rings. The van der Waals surface area contributed by atoms with Crippen molar-refractivity contribution in [3.63, 3.8) is 0 Å². The van der Waals surface area contributed by atoms with Crippen LogP contribution in [-0.2, 0) is 16.6 Å². The van der Waals surface area contributed by atoms with Gasteiger partial charge >= 0.3 is 0 Å². The molecule has 0 fully saturated rings. The van der Waals surface area contributed by atoms with E-state index >= 15 is 0 Å². The van der Waals surface area contributed by atoms with Gasteiger partial charge in [0.05, 0.1) is 13.3 Å². The number of nitrogens with one attached hydrogen (secondary N) is 1. The second-order valence-corrected chi connectivity index (χ2v) is 6.51. The first-order chi connectivity index (χ1) is 9.45. The summed E-state index contributed by atoms with van der Waals surface area (Å²) < 4.78 is 31.1. The van der Waals surface area contributed by atoms with E-state index in [9.17, 15) is 8.42 Å². The van der Waals surface area contributed by atoms with Crippen LogP contribution in [0.5, 0.6) is 5.75 Å². The highest BCUT2D eigenvalue weighted by atomic mass is 32.2. The fourth-order valence-corrected chi connectivity index (χ4v) is 2.96. The van der Waals surface area contributed by atoms with Gasteiger partial charge in [-0.15, -0.1) is 0 Å². The molecule has 1 heterocycles. The topological polar surface area (TPSA) is 75.3 Å². The molecule has 20 heavy (non-hydrogen) atoms. The molecule has 7 heteroatoms. The van der Waals surface area contributed by atoms with Crippen molar-refractivity contribution in [3.8, 4) is 5.75 Å². The van der Waals surface area contributed by atoms with Gasteiger partial charge in [0, 0.05) is 19.2 Å². The van der Waals surface area contributed by atoms with Gasteiger partial charge in [0.25, 0.3) is 10.0 Å². The molecule has 0 unspecified atom stereocenters. The summed E-state index contributed by atoms with van der Waals surface area (Å²) >= 11 is 0. The number of ether oxygens (including phenoxy) is 1. The Balaban J connectivity index is 2.28. The van der Waals surface area contributed by atoms with E-state index in [2.05, 4.69) is 10.2 Å². The summed E-state index contributed by atoms with van der Waals surface area (Å²) in [6, 6.07) is 7.10. The molecular weight excluding hydrogens is 278 g/mol. The lowest BCUT2D eigenvalue weighted by Gasteiger charge is -2.18. The summed E-state index contributed by atoms with van der Waals surface area (Å²) in [5, 5.41) is 6.22. The third kappa shape index (κ3) is 2.83. The van der Waals surface area contributed by atoms with Crippen LogP contribution in [0.4, 0.5) is 0 Å². The summed E-state index contributed by atoms with van der Waals surface area (Å²) in [6.07, 6.45) is 1.41. The average Bonchev–Trinajstić information content (AvgIpc) is 2.93. The number of sulfonamides is 1. The predicted molar refractivity (Wildman–Crippen MR) is 75.0 cm³/mol. The minimum Gasteiger partial charge on any atom is -0.496 e. The summed E-state index contributed by atoms with van der Waals surface area (Å²) in [4.78, 5) is 0. The van der Waals surface area contributed by atoms with E-state index in [1.165, 1.54) is 23.6 Å². The maximum atomic E-state index is 12.3. The Kier molecular flexibility index (Phi) is 4.10. The van der Waals surface area contributed by atoms with Gasteiger partial charge in [-0.3, -0.25) is 5.10 Å². The van der Waals surface area contributed by atoms with Crippen molar-refractivity contribution >= 4 is 10.0 Å². The highest BCUT2D eigenvalue weighted by Crippen LogP contribution is 2.23. The monoisotopic (exact) mass is 295 g/mol. The Bertz CT molecular complexity index is 681. The largest absolute Gasteiger partial charge is 0.496 e. The highest BCUT2D eigenvalue weighted by molar-refractivity contribution is 7.89. The number of rotatable bonds is 5. The first-order valence-electron chi connectivity index (χ1n) is 6.04. The van der Waals surface area contributed by atoms with Crippen LogP contribution in [0.3, 0.4) is 0 Å². The van der Waals surface area contributed by atoms with Crippen molar-refractivity contribution < 1.29 is 13.2 Å². The van der Waals surface area contributed by atoms with Crippen molar-refractivity contribution in [2.45, 2.75) is 18.5 Å². The molecule has 2 rings (SSSR count). The number of nitrogens with zero attached hydrogens (tertiary/aromatic N) is 2. The summed E-state index contributed by atoms with van der Waals surface area (Å²) in [5.74, 6) is 0.669. The van der Waals surface area contributed by atoms with Gasteiger partial charge in [0.15, 0.2) is 5.03 Å². The van der Waals surface area contributed by atoms with Crippen LogP contribution in [0.15, 0.2) is 35.5 Å². The van der Waals surface area contributed by atoms with Crippen molar-refractivity contribution in [2.75, 3.05) is 14.2 Å². The summed E-state index contributed by atoms with van der Waals surface area (Å²) in [5.41, 5.74) is 1.87. The van der Waals surface area contributed by atoms with E-state index in [4.69, 9.17) is 4.74 Å². The number of aryl methyl sites for hydroxylation is 1. The van der Waals surface area contributed by atoms with Crippen LogP contribution >= 0.6 is 0 Å². The lowest BCUT2D eigenvalue weighted by molar-refractivity contribution is 0.397. The first kappa shape index (κ1) is 14.5. The lowest BCUT2D eigenvalue weighted by Crippen LogP contribution is -2.27. The molecule has 2 aromatic rings. The SMILES string of the molecule is COc1ccc(C)cc1CN(C)S(=O)(=O)c1ccn[nH]1. The number of aromatic nitrogens is 2. The number of benzene rings is 1. The number of H-pyrrole nitrogens is 1. The summed E-state index contributed by atoms with van der Waals surface area (Å²) in [6.45, 7) is 2.18. The maximum Gasteiger partial charge on any atom is 0.260 e. The molecule has 1 N–H and O–H groups in total. The van der Waals surface area contributed by atoms with E-state index < -0.39 is 10.0 Å². The molecule has 0 spiro atoms. The molecule has 0 aliphatic carbocycles. The number of hydrogen-bond donors (Lipinski definition) is 1. The average molecular weight is 295 g/mol. The number of aromatic amines is 1. The minimum absolute atomic E-state index is 0.0756. The predicted octanol–water partition coefficient (Wildman–Crippen LogP) is 1.55. The zero-order chi connectivity index (χ0) is 14.8. The van der Waals surface area contributed by atoms with Crippen molar-refractivity contribution in [1.82, 2.24) is 14.5 Å². The van der Waals surface area contributed by atoms with Gasteiger partial charge in [-0.05, 0) is 19.1 Å². The maximum absolute atomic E-state index is 12.3. The zero-order valence-corrected chi connectivity index (χ0v) is 12.4. The minimum atomic E-state index is -3.57. The molecule has 0 atom stereocenters. The quantitative estimate of drug-likeness (QED) is 0.908. The third-order valence-corrected chi connectivity index (χ3v) is 4.73. The standard InChI is InChI=1S/C13H17N3O3S/c1-10-4-5-12(19-3)11(8-10)9-16(2)20(17,18)13-6-7-14-15-13/h4-8H,9H2,1-3H3,(H,14,15). The van der Waals surface area contributed by atoms with Gasteiger partial charge in [-0.25, -0.2) is 8.42 Å². The molecule has 0 saturated heterocycles.